The molecule has 0 amide bonds. The highest BCUT2D eigenvalue weighted by molar-refractivity contribution is 5.57. The Balaban J connectivity index is 1.73. The first-order valence-electron chi connectivity index (χ1n) is 7.00. The highest BCUT2D eigenvalue weighted by Gasteiger charge is 2.10. The van der Waals surface area contributed by atoms with E-state index in [9.17, 15) is 0 Å². The van der Waals surface area contributed by atoms with Crippen LogP contribution in [0.15, 0.2) is 52.9 Å². The van der Waals surface area contributed by atoms with E-state index in [1.165, 1.54) is 0 Å². The Hall–Kier alpha value is -3.33. The van der Waals surface area contributed by atoms with Gasteiger partial charge in [0, 0.05) is 5.56 Å². The lowest BCUT2D eigenvalue weighted by atomic mass is 10.2. The first-order chi connectivity index (χ1) is 11.3. The molecule has 6 nitrogen and oxygen atoms in total. The minimum absolute atomic E-state index is 0.343. The molecule has 0 aliphatic rings. The van der Waals surface area contributed by atoms with E-state index in [4.69, 9.17) is 14.4 Å². The number of nitrogens with zero attached hydrogens (tertiary/aromatic N) is 3. The van der Waals surface area contributed by atoms with Gasteiger partial charge >= 0.3 is 0 Å². The molecule has 0 fully saturated rings. The summed E-state index contributed by atoms with van der Waals surface area (Å²) in [6.45, 7) is 0.343. The molecule has 0 atom stereocenters. The summed E-state index contributed by atoms with van der Waals surface area (Å²) in [5.41, 5.74) is 2.09. The molecule has 0 aliphatic carbocycles. The predicted octanol–water partition coefficient (Wildman–Crippen LogP) is 3.23. The number of anilines is 1. The van der Waals surface area contributed by atoms with Crippen molar-refractivity contribution in [1.82, 2.24) is 10.2 Å². The lowest BCUT2D eigenvalue weighted by Crippen LogP contribution is -2.01. The maximum absolute atomic E-state index is 9.06. The highest BCUT2D eigenvalue weighted by atomic mass is 16.5. The van der Waals surface area contributed by atoms with Crippen LogP contribution in [0.5, 0.6) is 5.75 Å². The van der Waals surface area contributed by atoms with E-state index in [0.29, 0.717) is 23.9 Å². The van der Waals surface area contributed by atoms with Gasteiger partial charge in [0.2, 0.25) is 11.8 Å². The van der Waals surface area contributed by atoms with Gasteiger partial charge in [0.05, 0.1) is 24.9 Å². The third-order valence-electron chi connectivity index (χ3n) is 3.26. The average Bonchev–Trinajstić information content (AvgIpc) is 3.09. The second-order valence-corrected chi connectivity index (χ2v) is 4.74. The van der Waals surface area contributed by atoms with Gasteiger partial charge in [0.15, 0.2) is 0 Å². The first-order valence-corrected chi connectivity index (χ1v) is 7.00. The number of rotatable bonds is 5. The minimum atomic E-state index is 0.343. The molecule has 0 saturated carbocycles. The molecule has 6 heteroatoms. The second-order valence-electron chi connectivity index (χ2n) is 4.74. The monoisotopic (exact) mass is 306 g/mol. The van der Waals surface area contributed by atoms with Crippen LogP contribution in [0.25, 0.3) is 11.5 Å². The van der Waals surface area contributed by atoms with Gasteiger partial charge in [-0.05, 0) is 30.3 Å². The van der Waals surface area contributed by atoms with Crippen molar-refractivity contribution in [3.63, 3.8) is 0 Å². The minimum Gasteiger partial charge on any atom is -0.497 e. The number of methoxy groups -OCH3 is 1. The molecular formula is C17H14N4O2. The fourth-order valence-corrected chi connectivity index (χ4v) is 2.10. The van der Waals surface area contributed by atoms with Crippen molar-refractivity contribution in [3.8, 4) is 23.3 Å². The van der Waals surface area contributed by atoms with Gasteiger partial charge in [-0.2, -0.15) is 5.26 Å². The quantitative estimate of drug-likeness (QED) is 0.779. The van der Waals surface area contributed by atoms with Gasteiger partial charge in [-0.25, -0.2) is 0 Å². The van der Waals surface area contributed by atoms with Crippen LogP contribution >= 0.6 is 0 Å². The van der Waals surface area contributed by atoms with Crippen molar-refractivity contribution in [2.45, 2.75) is 6.54 Å². The summed E-state index contributed by atoms with van der Waals surface area (Å²) in [5, 5.41) is 20.2. The van der Waals surface area contributed by atoms with Crippen LogP contribution in [0.2, 0.25) is 0 Å². The van der Waals surface area contributed by atoms with Gasteiger partial charge in [-0.1, -0.05) is 18.2 Å². The molecule has 0 bridgehead atoms. The van der Waals surface area contributed by atoms with Crippen molar-refractivity contribution >= 4 is 5.69 Å². The Morgan fingerprint density at radius 2 is 2.04 bits per heavy atom. The van der Waals surface area contributed by atoms with Crippen LogP contribution < -0.4 is 10.1 Å². The number of nitriles is 1. The second kappa shape index (κ2) is 6.62. The topological polar surface area (TPSA) is 84.0 Å². The number of benzene rings is 2. The third kappa shape index (κ3) is 3.30. The maximum atomic E-state index is 9.06. The summed E-state index contributed by atoms with van der Waals surface area (Å²) in [7, 11) is 1.61. The van der Waals surface area contributed by atoms with Crippen LogP contribution in [-0.2, 0) is 6.54 Å². The number of nitrogens with one attached hydrogen (secondary N) is 1. The highest BCUT2D eigenvalue weighted by Crippen LogP contribution is 2.23. The summed E-state index contributed by atoms with van der Waals surface area (Å²) in [6, 6.07) is 16.8. The molecule has 3 rings (SSSR count). The zero-order chi connectivity index (χ0) is 16.1. The smallest absolute Gasteiger partial charge is 0.247 e. The Morgan fingerprint density at radius 1 is 1.17 bits per heavy atom. The van der Waals surface area contributed by atoms with E-state index in [0.717, 1.165) is 17.0 Å². The van der Waals surface area contributed by atoms with Crippen LogP contribution in [0, 0.1) is 11.3 Å². The van der Waals surface area contributed by atoms with Crippen molar-refractivity contribution in [1.29, 1.82) is 5.26 Å². The average molecular weight is 306 g/mol. The van der Waals surface area contributed by atoms with E-state index in [1.807, 2.05) is 42.5 Å². The van der Waals surface area contributed by atoms with Crippen LogP contribution in [0.4, 0.5) is 5.69 Å². The molecule has 3 aromatic rings. The standard InChI is InChI=1S/C17H14N4O2/c1-22-14-7-4-6-12(9-14)17-21-20-16(23-17)11-19-15-8-3-2-5-13(15)10-18/h2-9,19H,11H2,1H3. The molecular weight excluding hydrogens is 292 g/mol. The van der Waals surface area contributed by atoms with Gasteiger partial charge in [-0.3, -0.25) is 0 Å². The fraction of sp³-hybridized carbons (Fsp3) is 0.118. The Labute approximate surface area is 133 Å². The summed E-state index contributed by atoms with van der Waals surface area (Å²) in [4.78, 5) is 0. The number of ether oxygens (including phenoxy) is 1. The molecule has 23 heavy (non-hydrogen) atoms. The van der Waals surface area contributed by atoms with Crippen molar-refractivity contribution in [2.24, 2.45) is 0 Å². The van der Waals surface area contributed by atoms with E-state index in [2.05, 4.69) is 21.6 Å². The van der Waals surface area contributed by atoms with Gasteiger partial charge in [0.1, 0.15) is 11.8 Å². The lowest BCUT2D eigenvalue weighted by molar-refractivity contribution is 0.414. The molecule has 1 N–H and O–H groups in total. The summed E-state index contributed by atoms with van der Waals surface area (Å²) in [5.74, 6) is 1.59. The van der Waals surface area contributed by atoms with E-state index in [-0.39, 0.29) is 0 Å². The SMILES string of the molecule is COc1cccc(-c2nnc(CNc3ccccc3C#N)o2)c1. The fourth-order valence-electron chi connectivity index (χ4n) is 2.10. The van der Waals surface area contributed by atoms with E-state index < -0.39 is 0 Å². The lowest BCUT2D eigenvalue weighted by Gasteiger charge is -2.04. The third-order valence-corrected chi connectivity index (χ3v) is 3.26. The number of para-hydroxylation sites is 1. The number of hydrogen-bond donors (Lipinski definition) is 1. The Kier molecular flexibility index (Phi) is 4.20. The Bertz CT molecular complexity index is 852. The van der Waals surface area contributed by atoms with Crippen molar-refractivity contribution in [3.05, 3.63) is 60.0 Å². The van der Waals surface area contributed by atoms with Crippen LogP contribution in [0.3, 0.4) is 0 Å². The molecule has 0 aliphatic heterocycles. The zero-order valence-corrected chi connectivity index (χ0v) is 12.5. The van der Waals surface area contributed by atoms with Gasteiger partial charge in [0.25, 0.3) is 0 Å². The maximum Gasteiger partial charge on any atom is 0.247 e. The van der Waals surface area contributed by atoms with Crippen LogP contribution in [0.1, 0.15) is 11.5 Å². The molecule has 0 unspecified atom stereocenters. The Morgan fingerprint density at radius 3 is 2.87 bits per heavy atom. The zero-order valence-electron chi connectivity index (χ0n) is 12.5. The predicted molar refractivity (Wildman–Crippen MR) is 84.8 cm³/mol. The van der Waals surface area contributed by atoms with Crippen molar-refractivity contribution < 1.29 is 9.15 Å². The van der Waals surface area contributed by atoms with E-state index >= 15 is 0 Å². The summed E-state index contributed by atoms with van der Waals surface area (Å²) < 4.78 is 10.8. The largest absolute Gasteiger partial charge is 0.497 e. The molecule has 0 saturated heterocycles. The molecule has 0 spiro atoms. The van der Waals surface area contributed by atoms with Gasteiger partial charge in [-0.15, -0.1) is 10.2 Å². The first kappa shape index (κ1) is 14.6. The molecule has 1 heterocycles. The molecule has 114 valence electrons. The summed E-state index contributed by atoms with van der Waals surface area (Å²) >= 11 is 0. The molecule has 1 aromatic heterocycles. The van der Waals surface area contributed by atoms with Gasteiger partial charge < -0.3 is 14.5 Å². The number of hydrogen-bond acceptors (Lipinski definition) is 6. The van der Waals surface area contributed by atoms with Crippen LogP contribution in [-0.4, -0.2) is 17.3 Å². The van der Waals surface area contributed by atoms with Crippen molar-refractivity contribution in [2.75, 3.05) is 12.4 Å². The number of aromatic nitrogens is 2. The summed E-state index contributed by atoms with van der Waals surface area (Å²) in [6.07, 6.45) is 0. The molecule has 2 aromatic carbocycles. The van der Waals surface area contributed by atoms with E-state index in [1.54, 1.807) is 13.2 Å². The normalized spacial score (nSPS) is 10.1. The molecule has 0 radical (unpaired) electrons.